The fourth-order valence-corrected chi connectivity index (χ4v) is 4.46. The molecule has 0 aromatic heterocycles. The molecule has 1 fully saturated rings. The molecule has 4 atom stereocenters. The number of nitrogens with one attached hydrogen (secondary N) is 5. The Hall–Kier alpha value is -4.16. The van der Waals surface area contributed by atoms with Crippen LogP contribution in [0.5, 0.6) is 5.75 Å². The largest absolute Gasteiger partial charge is 0.508 e. The van der Waals surface area contributed by atoms with E-state index in [0.717, 1.165) is 0 Å². The van der Waals surface area contributed by atoms with Crippen molar-refractivity contribution < 1.29 is 38.6 Å². The second-order valence-corrected chi connectivity index (χ2v) is 12.0. The van der Waals surface area contributed by atoms with Crippen LogP contribution in [0, 0.1) is 17.8 Å². The van der Waals surface area contributed by atoms with Crippen LogP contribution in [0.3, 0.4) is 0 Å². The highest BCUT2D eigenvalue weighted by atomic mass is 16.5. The van der Waals surface area contributed by atoms with E-state index in [1.54, 1.807) is 26.0 Å². The van der Waals surface area contributed by atoms with E-state index in [9.17, 15) is 33.9 Å². The van der Waals surface area contributed by atoms with Crippen molar-refractivity contribution in [3.63, 3.8) is 0 Å². The number of esters is 1. The van der Waals surface area contributed by atoms with Crippen LogP contribution in [0.25, 0.3) is 0 Å². The van der Waals surface area contributed by atoms with Gasteiger partial charge in [0.2, 0.25) is 23.6 Å². The quantitative estimate of drug-likeness (QED) is 0.240. The first-order valence-corrected chi connectivity index (χ1v) is 14.6. The van der Waals surface area contributed by atoms with Crippen molar-refractivity contribution in [2.75, 3.05) is 13.1 Å². The maximum absolute atomic E-state index is 13.3. The van der Waals surface area contributed by atoms with Crippen LogP contribution in [0.15, 0.2) is 24.3 Å². The Labute approximate surface area is 252 Å². The summed E-state index contributed by atoms with van der Waals surface area (Å²) in [5.41, 5.74) is 0.619. The van der Waals surface area contributed by atoms with Gasteiger partial charge in [-0.25, -0.2) is 4.79 Å². The lowest BCUT2D eigenvalue weighted by molar-refractivity contribution is -0.160. The van der Waals surface area contributed by atoms with Crippen molar-refractivity contribution in [1.82, 2.24) is 26.6 Å². The molecule has 6 N–H and O–H groups in total. The number of rotatable bonds is 7. The van der Waals surface area contributed by atoms with E-state index in [2.05, 4.69) is 26.6 Å². The van der Waals surface area contributed by atoms with Gasteiger partial charge in [-0.1, -0.05) is 53.7 Å². The highest BCUT2D eigenvalue weighted by molar-refractivity contribution is 5.95. The molecule has 13 heteroatoms. The molecule has 1 saturated heterocycles. The third-order valence-corrected chi connectivity index (χ3v) is 6.68. The third kappa shape index (κ3) is 11.9. The van der Waals surface area contributed by atoms with E-state index in [-0.39, 0.29) is 42.8 Å². The molecular formula is C30H45N5O8. The Balaban J connectivity index is 2.40. The maximum Gasteiger partial charge on any atom is 0.329 e. The van der Waals surface area contributed by atoms with Crippen LogP contribution in [0.2, 0.25) is 0 Å². The van der Waals surface area contributed by atoms with Gasteiger partial charge >= 0.3 is 5.97 Å². The lowest BCUT2D eigenvalue weighted by atomic mass is 10.0. The van der Waals surface area contributed by atoms with Crippen LogP contribution in [-0.2, 0) is 39.9 Å². The lowest BCUT2D eigenvalue weighted by Crippen LogP contribution is -2.58. The highest BCUT2D eigenvalue weighted by Crippen LogP contribution is 2.14. The average Bonchev–Trinajstić information content (AvgIpc) is 2.92. The second kappa shape index (κ2) is 16.5. The number of hydrogen-bond acceptors (Lipinski definition) is 8. The Morgan fingerprint density at radius 2 is 1.28 bits per heavy atom. The van der Waals surface area contributed by atoms with Crippen LogP contribution >= 0.6 is 0 Å². The minimum Gasteiger partial charge on any atom is -0.508 e. The smallest absolute Gasteiger partial charge is 0.329 e. The molecule has 0 aliphatic carbocycles. The number of aromatic hydroxyl groups is 1. The van der Waals surface area contributed by atoms with Gasteiger partial charge in [-0.3, -0.25) is 24.0 Å². The van der Waals surface area contributed by atoms with E-state index < -0.39 is 72.8 Å². The molecule has 1 aromatic rings. The summed E-state index contributed by atoms with van der Waals surface area (Å²) in [5.74, 6) is -4.53. The maximum atomic E-state index is 13.3. The first-order valence-electron chi connectivity index (χ1n) is 14.6. The molecule has 0 radical (unpaired) electrons. The zero-order valence-corrected chi connectivity index (χ0v) is 25.7. The molecule has 1 aromatic carbocycles. The van der Waals surface area contributed by atoms with E-state index in [0.29, 0.717) is 5.56 Å². The van der Waals surface area contributed by atoms with Crippen LogP contribution in [0.4, 0.5) is 0 Å². The summed E-state index contributed by atoms with van der Waals surface area (Å²) in [4.78, 5) is 78.3. The zero-order chi connectivity index (χ0) is 32.3. The number of benzene rings is 1. The molecule has 43 heavy (non-hydrogen) atoms. The summed E-state index contributed by atoms with van der Waals surface area (Å²) in [6, 6.07) is 2.77. The Morgan fingerprint density at radius 3 is 1.84 bits per heavy atom. The van der Waals surface area contributed by atoms with Crippen LogP contribution in [0.1, 0.15) is 59.9 Å². The molecule has 0 spiro atoms. The topological polar surface area (TPSA) is 192 Å². The molecule has 0 saturated carbocycles. The van der Waals surface area contributed by atoms with E-state index in [4.69, 9.17) is 4.74 Å². The van der Waals surface area contributed by atoms with Crippen molar-refractivity contribution >= 4 is 35.5 Å². The summed E-state index contributed by atoms with van der Waals surface area (Å²) >= 11 is 0. The summed E-state index contributed by atoms with van der Waals surface area (Å²) in [6.07, 6.45) is -0.798. The monoisotopic (exact) mass is 603 g/mol. The van der Waals surface area contributed by atoms with Crippen molar-refractivity contribution in [1.29, 1.82) is 0 Å². The summed E-state index contributed by atoms with van der Waals surface area (Å²) in [6.45, 7) is 9.83. The molecule has 13 nitrogen and oxygen atoms in total. The predicted octanol–water partition coefficient (Wildman–Crippen LogP) is 0.295. The van der Waals surface area contributed by atoms with Crippen molar-refractivity contribution in [2.45, 2.75) is 85.0 Å². The first-order chi connectivity index (χ1) is 20.2. The number of amides is 5. The number of cyclic esters (lactones) is 1. The predicted molar refractivity (Wildman–Crippen MR) is 157 cm³/mol. The van der Waals surface area contributed by atoms with Gasteiger partial charge in [0.1, 0.15) is 23.9 Å². The summed E-state index contributed by atoms with van der Waals surface area (Å²) < 4.78 is 5.54. The molecule has 1 aliphatic heterocycles. The molecule has 1 heterocycles. The third-order valence-electron chi connectivity index (χ3n) is 6.68. The number of phenolic OH excluding ortho intramolecular Hbond substituents is 1. The van der Waals surface area contributed by atoms with Gasteiger partial charge in [0.25, 0.3) is 5.91 Å². The molecular weight excluding hydrogens is 558 g/mol. The number of carbonyl (C=O) groups is 6. The summed E-state index contributed by atoms with van der Waals surface area (Å²) in [5, 5.41) is 22.4. The molecule has 4 unspecified atom stereocenters. The first kappa shape index (κ1) is 35.0. The van der Waals surface area contributed by atoms with Crippen molar-refractivity contribution in [2.24, 2.45) is 17.8 Å². The van der Waals surface area contributed by atoms with Crippen LogP contribution < -0.4 is 26.6 Å². The van der Waals surface area contributed by atoms with E-state index in [1.165, 1.54) is 12.1 Å². The molecule has 5 amide bonds. The Morgan fingerprint density at radius 1 is 0.721 bits per heavy atom. The number of carbonyl (C=O) groups excluding carboxylic acids is 6. The molecule has 0 bridgehead atoms. The molecule has 238 valence electrons. The van der Waals surface area contributed by atoms with Crippen LogP contribution in [-0.4, -0.2) is 77.9 Å². The Kier molecular flexibility index (Phi) is 13.4. The second-order valence-electron chi connectivity index (χ2n) is 12.0. The normalized spacial score (nSPS) is 23.5. The number of hydrogen-bond donors (Lipinski definition) is 6. The van der Waals surface area contributed by atoms with Crippen molar-refractivity contribution in [3.05, 3.63) is 29.8 Å². The molecule has 2 rings (SSSR count). The average molecular weight is 604 g/mol. The highest BCUT2D eigenvalue weighted by Gasteiger charge is 2.32. The van der Waals surface area contributed by atoms with Gasteiger partial charge in [0.05, 0.1) is 13.1 Å². The molecule has 1 aliphatic rings. The minimum absolute atomic E-state index is 0.0217. The fourth-order valence-electron chi connectivity index (χ4n) is 4.46. The standard InChI is InChI=1S/C30H45N5O8/c1-16(2)11-22-30(42)43-23(12-17(3)4)28(40)32-15-25(38)35-26(18(5)6)29(41)34-21(27(39)31-14-24(37)33-22)13-19-7-9-20(36)10-8-19/h7-10,16-18,21-23,26,36H,11-15H2,1-6H3,(H,31,39)(H,32,40)(H,33,37)(H,34,41)(H,35,38). The van der Waals surface area contributed by atoms with Gasteiger partial charge in [0.15, 0.2) is 6.10 Å². The number of ether oxygens (including phenoxy) is 1. The SMILES string of the molecule is CC(C)CC1NC(=O)CNC(=O)C(Cc2ccc(O)cc2)NC(=O)C(C(C)C)NC(=O)CNC(=O)C(CC(C)C)OC1=O. The van der Waals surface area contributed by atoms with Crippen molar-refractivity contribution in [3.8, 4) is 5.75 Å². The lowest BCUT2D eigenvalue weighted by Gasteiger charge is -2.27. The van der Waals surface area contributed by atoms with Gasteiger partial charge < -0.3 is 36.4 Å². The van der Waals surface area contributed by atoms with E-state index in [1.807, 2.05) is 27.7 Å². The Bertz CT molecular complexity index is 1150. The van der Waals surface area contributed by atoms with Gasteiger partial charge in [-0.2, -0.15) is 0 Å². The fraction of sp³-hybridized carbons (Fsp3) is 0.600. The minimum atomic E-state index is -1.21. The van der Waals surface area contributed by atoms with E-state index >= 15 is 0 Å². The number of phenols is 1. The van der Waals surface area contributed by atoms with Gasteiger partial charge in [-0.05, 0) is 48.3 Å². The summed E-state index contributed by atoms with van der Waals surface area (Å²) in [7, 11) is 0. The van der Waals surface area contributed by atoms with Gasteiger partial charge in [-0.15, -0.1) is 0 Å². The van der Waals surface area contributed by atoms with Gasteiger partial charge in [0, 0.05) is 6.42 Å². The zero-order valence-electron chi connectivity index (χ0n) is 25.7.